The van der Waals surface area contributed by atoms with Crippen LogP contribution in [0.3, 0.4) is 0 Å². The molecule has 5 aromatic carbocycles. The predicted molar refractivity (Wildman–Crippen MR) is 191 cm³/mol. The second-order valence-electron chi connectivity index (χ2n) is 12.0. The molecule has 2 amide bonds. The van der Waals surface area contributed by atoms with E-state index < -0.39 is 17.6 Å². The lowest BCUT2D eigenvalue weighted by Gasteiger charge is -2.37. The molecule has 2 heterocycles. The number of hydrogen-bond acceptors (Lipinski definition) is 3. The number of piperidine rings is 1. The lowest BCUT2D eigenvalue weighted by molar-refractivity contribution is -0.121. The van der Waals surface area contributed by atoms with Crippen molar-refractivity contribution in [3.63, 3.8) is 0 Å². The van der Waals surface area contributed by atoms with Gasteiger partial charge in [0.05, 0.1) is 11.4 Å². The Morgan fingerprint density at radius 1 is 0.792 bits per heavy atom. The third-order valence-corrected chi connectivity index (χ3v) is 9.67. The topological polar surface area (TPSA) is 87.5 Å². The predicted octanol–water partition coefficient (Wildman–Crippen LogP) is 9.18. The van der Waals surface area contributed by atoms with Crippen molar-refractivity contribution in [1.82, 2.24) is 14.7 Å². The SMILES string of the molecule is O=C(Nc1nn(C(c2ccccc2)(c2ccccc2)c2ccccc2)c2ccc(-c3ccc(Cl)cc3Cl)cc12)[C@@H]1CCCN(C(=O)O)C1. The second-order valence-corrected chi connectivity index (χ2v) is 12.8. The Hall–Kier alpha value is -5.11. The first-order valence-electron chi connectivity index (χ1n) is 15.8. The summed E-state index contributed by atoms with van der Waals surface area (Å²) >= 11 is 12.9. The van der Waals surface area contributed by atoms with Crippen LogP contribution in [0.4, 0.5) is 10.6 Å². The van der Waals surface area contributed by atoms with Gasteiger partial charge in [0.2, 0.25) is 5.91 Å². The van der Waals surface area contributed by atoms with Crippen LogP contribution in [-0.4, -0.2) is 44.9 Å². The number of aromatic nitrogens is 2. The molecular formula is C39H32Cl2N4O3. The van der Waals surface area contributed by atoms with Gasteiger partial charge in [-0.25, -0.2) is 9.48 Å². The molecule has 0 aliphatic carbocycles. The number of likely N-dealkylation sites (tertiary alicyclic amines) is 1. The fourth-order valence-electron chi connectivity index (χ4n) is 6.85. The number of carbonyl (C=O) groups is 2. The van der Waals surface area contributed by atoms with Crippen LogP contribution in [0.1, 0.15) is 29.5 Å². The van der Waals surface area contributed by atoms with Gasteiger partial charge in [0.1, 0.15) is 5.54 Å². The van der Waals surface area contributed by atoms with Gasteiger partial charge in [-0.15, -0.1) is 0 Å². The third-order valence-electron chi connectivity index (χ3n) is 9.12. The molecule has 1 saturated heterocycles. The minimum absolute atomic E-state index is 0.132. The zero-order chi connectivity index (χ0) is 33.3. The van der Waals surface area contributed by atoms with Crippen LogP contribution in [0.25, 0.3) is 22.0 Å². The number of fused-ring (bicyclic) bond motifs is 1. The highest BCUT2D eigenvalue weighted by molar-refractivity contribution is 6.36. The molecule has 2 N–H and O–H groups in total. The molecule has 1 aliphatic rings. The first-order valence-corrected chi connectivity index (χ1v) is 16.6. The van der Waals surface area contributed by atoms with Gasteiger partial charge in [-0.1, -0.05) is 126 Å². The zero-order valence-corrected chi connectivity index (χ0v) is 27.4. The van der Waals surface area contributed by atoms with E-state index in [1.807, 2.05) is 83.5 Å². The van der Waals surface area contributed by atoms with Crippen molar-refractivity contribution in [2.45, 2.75) is 18.4 Å². The van der Waals surface area contributed by atoms with Crippen LogP contribution in [-0.2, 0) is 10.3 Å². The van der Waals surface area contributed by atoms with Gasteiger partial charge < -0.3 is 15.3 Å². The molecule has 0 unspecified atom stereocenters. The Morgan fingerprint density at radius 3 is 1.96 bits per heavy atom. The lowest BCUT2D eigenvalue weighted by atomic mass is 9.77. The van der Waals surface area contributed by atoms with Crippen molar-refractivity contribution >= 4 is 51.9 Å². The van der Waals surface area contributed by atoms with Crippen molar-refractivity contribution in [3.05, 3.63) is 154 Å². The van der Waals surface area contributed by atoms with E-state index in [4.69, 9.17) is 28.3 Å². The fraction of sp³-hybridized carbons (Fsp3) is 0.154. The van der Waals surface area contributed by atoms with E-state index in [1.165, 1.54) is 4.90 Å². The molecule has 1 atom stereocenters. The van der Waals surface area contributed by atoms with E-state index in [1.54, 1.807) is 12.1 Å². The molecule has 1 fully saturated rings. The minimum Gasteiger partial charge on any atom is -0.465 e. The van der Waals surface area contributed by atoms with Gasteiger partial charge >= 0.3 is 6.09 Å². The number of nitrogens with zero attached hydrogens (tertiary/aromatic N) is 3. The highest BCUT2D eigenvalue weighted by Crippen LogP contribution is 2.44. The van der Waals surface area contributed by atoms with Crippen LogP contribution in [0.2, 0.25) is 10.0 Å². The van der Waals surface area contributed by atoms with Gasteiger partial charge in [-0.2, -0.15) is 5.10 Å². The molecule has 240 valence electrons. The van der Waals surface area contributed by atoms with Crippen LogP contribution in [0, 0.1) is 5.92 Å². The van der Waals surface area contributed by atoms with Crippen LogP contribution < -0.4 is 5.32 Å². The summed E-state index contributed by atoms with van der Waals surface area (Å²) < 4.78 is 2.00. The van der Waals surface area contributed by atoms with Crippen molar-refractivity contribution in [3.8, 4) is 11.1 Å². The zero-order valence-electron chi connectivity index (χ0n) is 25.9. The summed E-state index contributed by atoms with van der Waals surface area (Å²) in [7, 11) is 0. The number of benzene rings is 5. The monoisotopic (exact) mass is 674 g/mol. The summed E-state index contributed by atoms with van der Waals surface area (Å²) in [4.78, 5) is 26.9. The number of nitrogens with one attached hydrogen (secondary N) is 1. The smallest absolute Gasteiger partial charge is 0.407 e. The summed E-state index contributed by atoms with van der Waals surface area (Å²) in [6, 6.07) is 42.0. The standard InChI is InChI=1S/C39H32Cl2N4O3/c40-31-19-20-32(34(41)24-31)26-18-21-35-33(23-26)36(42-37(46)27-11-10-22-44(25-27)38(47)48)43-45(35)39(28-12-4-1-5-13-28,29-14-6-2-7-15-29)30-16-8-3-9-17-30/h1-9,12-21,23-24,27H,10-11,22,25H2,(H,47,48)(H,42,43,46)/t27-/m1/s1. The van der Waals surface area contributed by atoms with Crippen LogP contribution >= 0.6 is 23.2 Å². The highest BCUT2D eigenvalue weighted by atomic mass is 35.5. The van der Waals surface area contributed by atoms with Crippen molar-refractivity contribution in [2.24, 2.45) is 5.92 Å². The molecule has 48 heavy (non-hydrogen) atoms. The Kier molecular flexibility index (Phi) is 8.65. The molecule has 6 aromatic rings. The summed E-state index contributed by atoms with van der Waals surface area (Å²) in [5, 5.41) is 19.7. The van der Waals surface area contributed by atoms with Crippen molar-refractivity contribution in [2.75, 3.05) is 18.4 Å². The molecular weight excluding hydrogens is 643 g/mol. The van der Waals surface area contributed by atoms with E-state index in [-0.39, 0.29) is 12.5 Å². The first-order chi connectivity index (χ1) is 23.4. The lowest BCUT2D eigenvalue weighted by Crippen LogP contribution is -2.43. The minimum atomic E-state index is -1.02. The van der Waals surface area contributed by atoms with Gasteiger partial charge in [0.15, 0.2) is 5.82 Å². The number of amides is 2. The first kappa shape index (κ1) is 31.5. The highest BCUT2D eigenvalue weighted by Gasteiger charge is 2.41. The number of rotatable bonds is 7. The number of halogens is 2. The molecule has 7 nitrogen and oxygen atoms in total. The Labute approximate surface area is 288 Å². The van der Waals surface area contributed by atoms with Gasteiger partial charge in [0, 0.05) is 34.1 Å². The molecule has 0 saturated carbocycles. The summed E-state index contributed by atoms with van der Waals surface area (Å²) in [6.45, 7) is 0.545. The Bertz CT molecular complexity index is 2010. The molecule has 1 aliphatic heterocycles. The maximum absolute atomic E-state index is 13.9. The molecule has 0 radical (unpaired) electrons. The fourth-order valence-corrected chi connectivity index (χ4v) is 7.36. The maximum Gasteiger partial charge on any atom is 0.407 e. The summed E-state index contributed by atoms with van der Waals surface area (Å²) in [5.41, 5.74) is 4.43. The second kappa shape index (κ2) is 13.2. The van der Waals surface area contributed by atoms with E-state index in [0.717, 1.165) is 33.3 Å². The molecule has 0 bridgehead atoms. The average molecular weight is 676 g/mol. The largest absolute Gasteiger partial charge is 0.465 e. The molecule has 1 aromatic heterocycles. The van der Waals surface area contributed by atoms with E-state index in [2.05, 4.69) is 41.7 Å². The molecule has 7 rings (SSSR count). The summed E-state index contributed by atoms with van der Waals surface area (Å²) in [6.07, 6.45) is 0.171. The van der Waals surface area contributed by atoms with Crippen LogP contribution in [0.15, 0.2) is 127 Å². The number of anilines is 1. The number of carboxylic acid groups (broad SMARTS) is 1. The average Bonchev–Trinajstić information content (AvgIpc) is 3.47. The van der Waals surface area contributed by atoms with Crippen molar-refractivity contribution < 1.29 is 14.7 Å². The van der Waals surface area contributed by atoms with Gasteiger partial charge in [-0.3, -0.25) is 4.79 Å². The normalized spacial score (nSPS) is 15.0. The molecule has 0 spiro atoms. The third kappa shape index (κ3) is 5.69. The molecule has 9 heteroatoms. The number of carbonyl (C=O) groups excluding carboxylic acids is 1. The van der Waals surface area contributed by atoms with E-state index >= 15 is 0 Å². The number of hydrogen-bond donors (Lipinski definition) is 2. The van der Waals surface area contributed by atoms with Crippen LogP contribution in [0.5, 0.6) is 0 Å². The quantitative estimate of drug-likeness (QED) is 0.165. The van der Waals surface area contributed by atoms with E-state index in [9.17, 15) is 14.7 Å². The summed E-state index contributed by atoms with van der Waals surface area (Å²) in [5.74, 6) is -0.403. The Balaban J connectivity index is 1.48. The maximum atomic E-state index is 13.9. The van der Waals surface area contributed by atoms with Gasteiger partial charge in [-0.05, 0) is 59.4 Å². The Morgan fingerprint density at radius 2 is 1.40 bits per heavy atom. The van der Waals surface area contributed by atoms with E-state index in [0.29, 0.717) is 40.6 Å². The van der Waals surface area contributed by atoms with Crippen molar-refractivity contribution in [1.29, 1.82) is 0 Å². The van der Waals surface area contributed by atoms with Gasteiger partial charge in [0.25, 0.3) is 0 Å².